The number of ether oxygens (including phenoxy) is 1. The summed E-state index contributed by atoms with van der Waals surface area (Å²) in [6, 6.07) is 3.99. The standard InChI is InChI=1S/C12H16N2O3/c1-17-7-6-14(9-2-3-9)10-4-5-13-11(8-10)12(15)16/h4-5,8-9H,2-3,6-7H2,1H3,(H,15,16). The maximum absolute atomic E-state index is 10.9. The van der Waals surface area contributed by atoms with Gasteiger partial charge in [-0.05, 0) is 25.0 Å². The van der Waals surface area contributed by atoms with Crippen molar-refractivity contribution < 1.29 is 14.6 Å². The molecule has 0 saturated heterocycles. The topological polar surface area (TPSA) is 62.7 Å². The molecule has 1 aliphatic rings. The predicted octanol–water partition coefficient (Wildman–Crippen LogP) is 1.40. The van der Waals surface area contributed by atoms with E-state index in [0.29, 0.717) is 12.6 Å². The molecule has 1 aromatic heterocycles. The maximum atomic E-state index is 10.9. The highest BCUT2D eigenvalue weighted by Gasteiger charge is 2.29. The number of hydrogen-bond acceptors (Lipinski definition) is 4. The summed E-state index contributed by atoms with van der Waals surface area (Å²) in [5.74, 6) is -0.991. The monoisotopic (exact) mass is 236 g/mol. The molecule has 0 atom stereocenters. The fraction of sp³-hybridized carbons (Fsp3) is 0.500. The van der Waals surface area contributed by atoms with Crippen LogP contribution in [0.15, 0.2) is 18.3 Å². The van der Waals surface area contributed by atoms with Gasteiger partial charge in [0.25, 0.3) is 0 Å². The third-order valence-electron chi connectivity index (χ3n) is 2.82. The molecule has 1 fully saturated rings. The van der Waals surface area contributed by atoms with E-state index < -0.39 is 5.97 Å². The Bertz CT molecular complexity index is 404. The number of anilines is 1. The molecule has 0 spiro atoms. The van der Waals surface area contributed by atoms with Crippen LogP contribution in [0.2, 0.25) is 0 Å². The summed E-state index contributed by atoms with van der Waals surface area (Å²) >= 11 is 0. The van der Waals surface area contributed by atoms with Crippen LogP contribution in [0.3, 0.4) is 0 Å². The zero-order chi connectivity index (χ0) is 12.3. The van der Waals surface area contributed by atoms with Crippen molar-refractivity contribution in [2.24, 2.45) is 0 Å². The number of carbonyl (C=O) groups is 1. The van der Waals surface area contributed by atoms with Crippen LogP contribution in [0.5, 0.6) is 0 Å². The summed E-state index contributed by atoms with van der Waals surface area (Å²) in [6.45, 7) is 1.42. The first-order valence-corrected chi connectivity index (χ1v) is 5.67. The van der Waals surface area contributed by atoms with Gasteiger partial charge in [-0.1, -0.05) is 0 Å². The Balaban J connectivity index is 2.16. The number of rotatable bonds is 6. The van der Waals surface area contributed by atoms with Crippen molar-refractivity contribution in [3.8, 4) is 0 Å². The molecule has 17 heavy (non-hydrogen) atoms. The minimum absolute atomic E-state index is 0.0885. The average Bonchev–Trinajstić information content (AvgIpc) is 3.14. The first-order valence-electron chi connectivity index (χ1n) is 5.67. The highest BCUT2D eigenvalue weighted by molar-refractivity contribution is 5.86. The molecule has 1 aliphatic carbocycles. The van der Waals surface area contributed by atoms with Gasteiger partial charge in [-0.25, -0.2) is 9.78 Å². The van der Waals surface area contributed by atoms with Crippen molar-refractivity contribution in [2.45, 2.75) is 18.9 Å². The van der Waals surface area contributed by atoms with Crippen LogP contribution in [0.25, 0.3) is 0 Å². The van der Waals surface area contributed by atoms with Crippen LogP contribution in [0.4, 0.5) is 5.69 Å². The van der Waals surface area contributed by atoms with Gasteiger partial charge in [0.15, 0.2) is 0 Å². The summed E-state index contributed by atoms with van der Waals surface area (Å²) in [5.41, 5.74) is 1.00. The van der Waals surface area contributed by atoms with E-state index in [1.165, 1.54) is 0 Å². The molecule has 92 valence electrons. The van der Waals surface area contributed by atoms with Crippen molar-refractivity contribution in [3.05, 3.63) is 24.0 Å². The number of pyridine rings is 1. The molecule has 1 saturated carbocycles. The molecular formula is C12H16N2O3. The van der Waals surface area contributed by atoms with Gasteiger partial charge in [0, 0.05) is 31.6 Å². The van der Waals surface area contributed by atoms with Crippen molar-refractivity contribution in [2.75, 3.05) is 25.2 Å². The van der Waals surface area contributed by atoms with Crippen molar-refractivity contribution in [1.29, 1.82) is 0 Å². The Morgan fingerprint density at radius 1 is 1.65 bits per heavy atom. The number of carboxylic acids is 1. The quantitative estimate of drug-likeness (QED) is 0.808. The van der Waals surface area contributed by atoms with Crippen LogP contribution < -0.4 is 4.90 Å². The van der Waals surface area contributed by atoms with E-state index in [9.17, 15) is 4.79 Å². The van der Waals surface area contributed by atoms with Crippen molar-refractivity contribution in [1.82, 2.24) is 4.98 Å². The largest absolute Gasteiger partial charge is 0.477 e. The van der Waals surface area contributed by atoms with Gasteiger partial charge in [0.05, 0.1) is 6.61 Å². The van der Waals surface area contributed by atoms with E-state index in [1.54, 1.807) is 19.4 Å². The fourth-order valence-electron chi connectivity index (χ4n) is 1.81. The minimum Gasteiger partial charge on any atom is -0.477 e. The second-order valence-corrected chi connectivity index (χ2v) is 4.12. The lowest BCUT2D eigenvalue weighted by Crippen LogP contribution is -2.29. The fourth-order valence-corrected chi connectivity index (χ4v) is 1.81. The Kier molecular flexibility index (Phi) is 3.58. The van der Waals surface area contributed by atoms with E-state index in [0.717, 1.165) is 25.1 Å². The number of hydrogen-bond donors (Lipinski definition) is 1. The van der Waals surface area contributed by atoms with Gasteiger partial charge in [-0.15, -0.1) is 0 Å². The second kappa shape index (κ2) is 5.14. The highest BCUT2D eigenvalue weighted by atomic mass is 16.5. The van der Waals surface area contributed by atoms with Crippen LogP contribution in [0, 0.1) is 0 Å². The predicted molar refractivity (Wildman–Crippen MR) is 63.4 cm³/mol. The zero-order valence-corrected chi connectivity index (χ0v) is 9.80. The summed E-state index contributed by atoms with van der Waals surface area (Å²) in [6.07, 6.45) is 3.86. The van der Waals surface area contributed by atoms with Crippen LogP contribution in [0.1, 0.15) is 23.3 Å². The van der Waals surface area contributed by atoms with E-state index >= 15 is 0 Å². The molecular weight excluding hydrogens is 220 g/mol. The summed E-state index contributed by atoms with van der Waals surface area (Å²) < 4.78 is 5.08. The summed E-state index contributed by atoms with van der Waals surface area (Å²) in [5, 5.41) is 8.92. The van der Waals surface area contributed by atoms with Gasteiger partial charge in [0.1, 0.15) is 5.69 Å². The molecule has 1 aromatic rings. The third-order valence-corrected chi connectivity index (χ3v) is 2.82. The number of aromatic nitrogens is 1. The molecule has 1 heterocycles. The van der Waals surface area contributed by atoms with Gasteiger partial charge < -0.3 is 14.7 Å². The molecule has 0 aliphatic heterocycles. The van der Waals surface area contributed by atoms with Gasteiger partial charge in [-0.2, -0.15) is 0 Å². The molecule has 0 unspecified atom stereocenters. The molecule has 0 aromatic carbocycles. The van der Waals surface area contributed by atoms with Gasteiger partial charge >= 0.3 is 5.97 Å². The SMILES string of the molecule is COCCN(c1ccnc(C(=O)O)c1)C1CC1. The van der Waals surface area contributed by atoms with E-state index in [1.807, 2.05) is 6.07 Å². The Labute approximate surface area is 100 Å². The number of aromatic carboxylic acids is 1. The van der Waals surface area contributed by atoms with Crippen molar-refractivity contribution in [3.63, 3.8) is 0 Å². The lowest BCUT2D eigenvalue weighted by Gasteiger charge is -2.24. The Hall–Kier alpha value is -1.62. The zero-order valence-electron chi connectivity index (χ0n) is 9.80. The number of carboxylic acid groups (broad SMARTS) is 1. The molecule has 0 bridgehead atoms. The number of methoxy groups -OCH3 is 1. The van der Waals surface area contributed by atoms with Gasteiger partial charge in [-0.3, -0.25) is 0 Å². The molecule has 0 amide bonds. The smallest absolute Gasteiger partial charge is 0.354 e. The minimum atomic E-state index is -0.991. The summed E-state index contributed by atoms with van der Waals surface area (Å²) in [4.78, 5) is 16.9. The Morgan fingerprint density at radius 2 is 2.41 bits per heavy atom. The maximum Gasteiger partial charge on any atom is 0.354 e. The molecule has 5 nitrogen and oxygen atoms in total. The average molecular weight is 236 g/mol. The van der Waals surface area contributed by atoms with Crippen LogP contribution in [-0.4, -0.2) is 42.4 Å². The van der Waals surface area contributed by atoms with E-state index in [4.69, 9.17) is 9.84 Å². The van der Waals surface area contributed by atoms with Crippen molar-refractivity contribution >= 4 is 11.7 Å². The molecule has 5 heteroatoms. The molecule has 1 N–H and O–H groups in total. The third kappa shape index (κ3) is 2.94. The van der Waals surface area contributed by atoms with Gasteiger partial charge in [0.2, 0.25) is 0 Å². The van der Waals surface area contributed by atoms with E-state index in [2.05, 4.69) is 9.88 Å². The lowest BCUT2D eigenvalue weighted by atomic mass is 10.2. The lowest BCUT2D eigenvalue weighted by molar-refractivity contribution is 0.0690. The van der Waals surface area contributed by atoms with Crippen LogP contribution >= 0.6 is 0 Å². The van der Waals surface area contributed by atoms with Crippen LogP contribution in [-0.2, 0) is 4.74 Å². The first-order chi connectivity index (χ1) is 8.22. The van der Waals surface area contributed by atoms with E-state index in [-0.39, 0.29) is 5.69 Å². The normalized spacial score (nSPS) is 14.6. The molecule has 0 radical (unpaired) electrons. The number of nitrogens with zero attached hydrogens (tertiary/aromatic N) is 2. The highest BCUT2D eigenvalue weighted by Crippen LogP contribution is 2.31. The Morgan fingerprint density at radius 3 is 3.00 bits per heavy atom. The second-order valence-electron chi connectivity index (χ2n) is 4.12. The molecule has 2 rings (SSSR count). The first kappa shape index (κ1) is 11.9. The summed E-state index contributed by atoms with van der Waals surface area (Å²) in [7, 11) is 1.67.